The van der Waals surface area contributed by atoms with Gasteiger partial charge in [-0.2, -0.15) is 0 Å². The average molecular weight is 192 g/mol. The molecule has 0 fully saturated rings. The Kier molecular flexibility index (Phi) is 2.32. The van der Waals surface area contributed by atoms with Gasteiger partial charge in [0.2, 0.25) is 0 Å². The molecule has 2 rings (SSSR count). The van der Waals surface area contributed by atoms with Crippen molar-refractivity contribution < 1.29 is 19.1 Å². The molecule has 0 saturated heterocycles. The second kappa shape index (κ2) is 3.63. The number of rotatable bonds is 2. The maximum Gasteiger partial charge on any atom is 0.785 e. The third-order valence-corrected chi connectivity index (χ3v) is 1.89. The topological polar surface area (TPSA) is 47.9 Å². The minimum absolute atomic E-state index is 0.514. The van der Waals surface area contributed by atoms with Crippen molar-refractivity contribution in [1.29, 1.82) is 0 Å². The number of ether oxygens (including phenoxy) is 1. The standard InChI is InChI=1S/C9H9BO4/c1-12-8-4-2-7(3-5-8)9-6-13-10(11)14-9/h2-6,11H,1H3. The van der Waals surface area contributed by atoms with E-state index in [0.717, 1.165) is 11.3 Å². The summed E-state index contributed by atoms with van der Waals surface area (Å²) in [5.41, 5.74) is 0.836. The summed E-state index contributed by atoms with van der Waals surface area (Å²) in [5, 5.41) is 8.94. The van der Waals surface area contributed by atoms with Gasteiger partial charge in [-0.05, 0) is 24.3 Å². The molecule has 0 aromatic heterocycles. The Morgan fingerprint density at radius 2 is 2.00 bits per heavy atom. The third kappa shape index (κ3) is 1.67. The zero-order valence-electron chi connectivity index (χ0n) is 7.64. The van der Waals surface area contributed by atoms with E-state index in [1.54, 1.807) is 7.11 Å². The molecule has 0 unspecified atom stereocenters. The third-order valence-electron chi connectivity index (χ3n) is 1.89. The van der Waals surface area contributed by atoms with Crippen molar-refractivity contribution in [3.8, 4) is 5.75 Å². The van der Waals surface area contributed by atoms with Crippen LogP contribution in [0, 0.1) is 0 Å². The summed E-state index contributed by atoms with van der Waals surface area (Å²) in [5.74, 6) is 1.29. The van der Waals surface area contributed by atoms with Gasteiger partial charge in [0, 0.05) is 5.56 Å². The Bertz CT molecular complexity index is 346. The highest BCUT2D eigenvalue weighted by molar-refractivity contribution is 6.37. The Balaban J connectivity index is 2.17. The van der Waals surface area contributed by atoms with Crippen LogP contribution < -0.4 is 4.74 Å². The summed E-state index contributed by atoms with van der Waals surface area (Å²) in [6, 6.07) is 7.27. The number of hydrogen-bond donors (Lipinski definition) is 1. The Labute approximate surface area is 81.9 Å². The van der Waals surface area contributed by atoms with Crippen LogP contribution in [0.25, 0.3) is 5.76 Å². The molecule has 0 saturated carbocycles. The van der Waals surface area contributed by atoms with E-state index < -0.39 is 7.32 Å². The molecule has 72 valence electrons. The van der Waals surface area contributed by atoms with E-state index in [0.29, 0.717) is 5.76 Å². The molecule has 0 aliphatic carbocycles. The number of benzene rings is 1. The molecule has 1 aliphatic heterocycles. The number of hydrogen-bond acceptors (Lipinski definition) is 4. The lowest BCUT2D eigenvalue weighted by molar-refractivity contribution is 0.288. The van der Waals surface area contributed by atoms with E-state index in [1.807, 2.05) is 24.3 Å². The zero-order chi connectivity index (χ0) is 9.97. The molecule has 4 nitrogen and oxygen atoms in total. The molecular weight excluding hydrogens is 183 g/mol. The van der Waals surface area contributed by atoms with Crippen LogP contribution >= 0.6 is 0 Å². The molecule has 0 bridgehead atoms. The Morgan fingerprint density at radius 3 is 2.50 bits per heavy atom. The molecule has 5 heteroatoms. The molecule has 0 radical (unpaired) electrons. The van der Waals surface area contributed by atoms with Crippen molar-refractivity contribution in [3.05, 3.63) is 36.1 Å². The van der Waals surface area contributed by atoms with Crippen LogP contribution in [0.5, 0.6) is 5.75 Å². The second-order valence-corrected chi connectivity index (χ2v) is 2.77. The van der Waals surface area contributed by atoms with Gasteiger partial charge in [-0.1, -0.05) is 0 Å². The van der Waals surface area contributed by atoms with Crippen LogP contribution in [0.1, 0.15) is 5.56 Å². The van der Waals surface area contributed by atoms with E-state index in [9.17, 15) is 0 Å². The van der Waals surface area contributed by atoms with Crippen LogP contribution in [-0.2, 0) is 9.31 Å². The second-order valence-electron chi connectivity index (χ2n) is 2.77. The van der Waals surface area contributed by atoms with Crippen molar-refractivity contribution in [1.82, 2.24) is 0 Å². The molecule has 0 amide bonds. The maximum atomic E-state index is 8.94. The van der Waals surface area contributed by atoms with Gasteiger partial charge >= 0.3 is 7.32 Å². The van der Waals surface area contributed by atoms with Gasteiger partial charge in [0.05, 0.1) is 7.11 Å². The first-order chi connectivity index (χ1) is 6.79. The van der Waals surface area contributed by atoms with Crippen molar-refractivity contribution in [3.63, 3.8) is 0 Å². The van der Waals surface area contributed by atoms with Crippen LogP contribution in [-0.4, -0.2) is 19.5 Å². The van der Waals surface area contributed by atoms with Gasteiger partial charge < -0.3 is 19.1 Å². The molecule has 1 aliphatic rings. The fraction of sp³-hybridized carbons (Fsp3) is 0.111. The minimum atomic E-state index is -1.19. The normalized spacial score (nSPS) is 14.4. The first-order valence-electron chi connectivity index (χ1n) is 4.14. The highest BCUT2D eigenvalue weighted by atomic mass is 16.7. The fourth-order valence-corrected chi connectivity index (χ4v) is 1.18. The molecule has 14 heavy (non-hydrogen) atoms. The average Bonchev–Trinajstić information content (AvgIpc) is 2.65. The van der Waals surface area contributed by atoms with Crippen molar-refractivity contribution in [2.24, 2.45) is 0 Å². The quantitative estimate of drug-likeness (QED) is 0.710. The van der Waals surface area contributed by atoms with Crippen LogP contribution in [0.4, 0.5) is 0 Å². The Hall–Kier alpha value is -1.62. The SMILES string of the molecule is COc1ccc(C2=COB(O)O2)cc1. The Morgan fingerprint density at radius 1 is 1.29 bits per heavy atom. The summed E-state index contributed by atoms with van der Waals surface area (Å²) in [7, 11) is 0.417. The smallest absolute Gasteiger partial charge is 0.504 e. The predicted octanol–water partition coefficient (Wildman–Crippen LogP) is 1.02. The van der Waals surface area contributed by atoms with Gasteiger partial charge in [-0.15, -0.1) is 0 Å². The fourth-order valence-electron chi connectivity index (χ4n) is 1.18. The van der Waals surface area contributed by atoms with Gasteiger partial charge in [0.1, 0.15) is 17.8 Å². The molecule has 0 atom stereocenters. The molecule has 0 spiro atoms. The lowest BCUT2D eigenvalue weighted by Crippen LogP contribution is -2.12. The monoisotopic (exact) mass is 192 g/mol. The largest absolute Gasteiger partial charge is 0.785 e. The van der Waals surface area contributed by atoms with Gasteiger partial charge in [-0.25, -0.2) is 0 Å². The van der Waals surface area contributed by atoms with Crippen molar-refractivity contribution in [2.45, 2.75) is 0 Å². The van der Waals surface area contributed by atoms with Gasteiger partial charge in [0.25, 0.3) is 0 Å². The van der Waals surface area contributed by atoms with Crippen molar-refractivity contribution in [2.75, 3.05) is 7.11 Å². The highest BCUT2D eigenvalue weighted by Crippen LogP contribution is 2.23. The molecule has 1 N–H and O–H groups in total. The summed E-state index contributed by atoms with van der Waals surface area (Å²) in [4.78, 5) is 0. The van der Waals surface area contributed by atoms with Crippen LogP contribution in [0.2, 0.25) is 0 Å². The molecule has 1 heterocycles. The summed E-state index contributed by atoms with van der Waals surface area (Å²) in [6.45, 7) is 0. The predicted molar refractivity (Wildman–Crippen MR) is 51.1 cm³/mol. The van der Waals surface area contributed by atoms with Crippen LogP contribution in [0.3, 0.4) is 0 Å². The highest BCUT2D eigenvalue weighted by Gasteiger charge is 2.27. The minimum Gasteiger partial charge on any atom is -0.504 e. The van der Waals surface area contributed by atoms with E-state index in [-0.39, 0.29) is 0 Å². The van der Waals surface area contributed by atoms with Gasteiger partial charge in [-0.3, -0.25) is 0 Å². The molecular formula is C9H9BO4. The number of methoxy groups -OCH3 is 1. The van der Waals surface area contributed by atoms with Crippen LogP contribution in [0.15, 0.2) is 30.5 Å². The summed E-state index contributed by atoms with van der Waals surface area (Å²) < 4.78 is 14.7. The van der Waals surface area contributed by atoms with E-state index in [4.69, 9.17) is 19.1 Å². The lowest BCUT2D eigenvalue weighted by Gasteiger charge is -2.03. The van der Waals surface area contributed by atoms with E-state index >= 15 is 0 Å². The van der Waals surface area contributed by atoms with Crippen molar-refractivity contribution >= 4 is 13.1 Å². The molecule has 1 aromatic carbocycles. The molecule has 1 aromatic rings. The summed E-state index contributed by atoms with van der Waals surface area (Å²) in [6.07, 6.45) is 1.38. The van der Waals surface area contributed by atoms with Gasteiger partial charge in [0.15, 0.2) is 0 Å². The first kappa shape index (κ1) is 8.96. The first-order valence-corrected chi connectivity index (χ1v) is 4.14. The lowest BCUT2D eigenvalue weighted by atomic mass is 10.2. The zero-order valence-corrected chi connectivity index (χ0v) is 7.64. The maximum absolute atomic E-state index is 8.94. The van der Waals surface area contributed by atoms with E-state index in [1.165, 1.54) is 6.26 Å². The summed E-state index contributed by atoms with van der Waals surface area (Å²) >= 11 is 0. The van der Waals surface area contributed by atoms with E-state index in [2.05, 4.69) is 0 Å².